The summed E-state index contributed by atoms with van der Waals surface area (Å²) in [5.74, 6) is 1.41. The van der Waals surface area contributed by atoms with Crippen molar-refractivity contribution >= 4 is 22.6 Å². The molecule has 0 bridgehead atoms. The molecule has 0 amide bonds. The number of para-hydroxylation sites is 1. The zero-order chi connectivity index (χ0) is 10.3. The fraction of sp³-hybridized carbons (Fsp3) is 0. The number of furan rings is 1. The predicted octanol–water partition coefficient (Wildman–Crippen LogP) is 3.48. The monoisotopic (exact) mass is 218 g/mol. The summed E-state index contributed by atoms with van der Waals surface area (Å²) in [6, 6.07) is 9.31. The second kappa shape index (κ2) is 3.14. The second-order valence-corrected chi connectivity index (χ2v) is 3.61. The van der Waals surface area contributed by atoms with Crippen molar-refractivity contribution in [1.29, 1.82) is 0 Å². The van der Waals surface area contributed by atoms with Gasteiger partial charge in [0.1, 0.15) is 5.52 Å². The number of rotatable bonds is 1. The molecular formula is C11H7ClN2O. The first-order valence-electron chi connectivity index (χ1n) is 4.53. The van der Waals surface area contributed by atoms with Crippen LogP contribution in [0.4, 0.5) is 0 Å². The van der Waals surface area contributed by atoms with E-state index in [4.69, 9.17) is 16.0 Å². The van der Waals surface area contributed by atoms with Crippen LogP contribution in [0, 0.1) is 0 Å². The second-order valence-electron chi connectivity index (χ2n) is 3.20. The maximum absolute atomic E-state index is 6.02. The van der Waals surface area contributed by atoms with Crippen LogP contribution in [0.25, 0.3) is 22.6 Å². The highest BCUT2D eigenvalue weighted by atomic mass is 35.5. The van der Waals surface area contributed by atoms with Crippen LogP contribution in [0.3, 0.4) is 0 Å². The lowest BCUT2D eigenvalue weighted by molar-refractivity contribution is 0.578. The molecule has 0 aliphatic rings. The minimum absolute atomic E-state index is 0.640. The predicted molar refractivity (Wildman–Crippen MR) is 58.8 cm³/mol. The average Bonchev–Trinajstić information content (AvgIpc) is 2.86. The van der Waals surface area contributed by atoms with Crippen LogP contribution >= 0.6 is 11.6 Å². The zero-order valence-corrected chi connectivity index (χ0v) is 8.45. The molecule has 0 aliphatic carbocycles. The van der Waals surface area contributed by atoms with Gasteiger partial charge in [-0.25, -0.2) is 4.98 Å². The molecule has 0 atom stereocenters. The van der Waals surface area contributed by atoms with Crippen LogP contribution in [-0.2, 0) is 0 Å². The molecule has 3 aromatic rings. The number of halogens is 1. The summed E-state index contributed by atoms with van der Waals surface area (Å²) in [7, 11) is 0. The zero-order valence-electron chi connectivity index (χ0n) is 7.70. The van der Waals surface area contributed by atoms with Crippen molar-refractivity contribution in [2.75, 3.05) is 0 Å². The van der Waals surface area contributed by atoms with Crippen LogP contribution in [0.15, 0.2) is 41.0 Å². The van der Waals surface area contributed by atoms with Crippen molar-refractivity contribution in [2.24, 2.45) is 0 Å². The number of imidazole rings is 1. The van der Waals surface area contributed by atoms with E-state index >= 15 is 0 Å². The number of H-pyrrole nitrogens is 1. The van der Waals surface area contributed by atoms with E-state index in [1.807, 2.05) is 30.3 Å². The summed E-state index contributed by atoms with van der Waals surface area (Å²) in [6.45, 7) is 0. The van der Waals surface area contributed by atoms with Gasteiger partial charge in [-0.1, -0.05) is 17.7 Å². The first-order valence-corrected chi connectivity index (χ1v) is 4.90. The molecule has 15 heavy (non-hydrogen) atoms. The van der Waals surface area contributed by atoms with Gasteiger partial charge in [-0.15, -0.1) is 0 Å². The molecule has 0 unspecified atom stereocenters. The van der Waals surface area contributed by atoms with Gasteiger partial charge in [-0.3, -0.25) is 0 Å². The van der Waals surface area contributed by atoms with Crippen molar-refractivity contribution in [2.45, 2.75) is 0 Å². The summed E-state index contributed by atoms with van der Waals surface area (Å²) in [5, 5.41) is 0.640. The van der Waals surface area contributed by atoms with Crippen LogP contribution < -0.4 is 0 Å². The van der Waals surface area contributed by atoms with Crippen LogP contribution in [0.1, 0.15) is 0 Å². The molecule has 1 aromatic carbocycles. The molecule has 2 heterocycles. The molecule has 0 aliphatic heterocycles. The molecule has 0 saturated heterocycles. The first kappa shape index (κ1) is 8.56. The molecule has 1 N–H and O–H groups in total. The normalized spacial score (nSPS) is 11.0. The molecule has 2 aromatic heterocycles. The summed E-state index contributed by atoms with van der Waals surface area (Å²) in [6.07, 6.45) is 1.62. The van der Waals surface area contributed by atoms with E-state index in [9.17, 15) is 0 Å². The summed E-state index contributed by atoms with van der Waals surface area (Å²) in [4.78, 5) is 7.52. The fourth-order valence-electron chi connectivity index (χ4n) is 1.53. The smallest absolute Gasteiger partial charge is 0.174 e. The number of aromatic amines is 1. The van der Waals surface area contributed by atoms with E-state index in [1.54, 1.807) is 6.26 Å². The van der Waals surface area contributed by atoms with Gasteiger partial charge in [0, 0.05) is 0 Å². The number of hydrogen-bond acceptors (Lipinski definition) is 2. The number of hydrogen-bond donors (Lipinski definition) is 1. The SMILES string of the molecule is Clc1cccc2[nH]c(-c3ccco3)nc12. The highest BCUT2D eigenvalue weighted by Crippen LogP contribution is 2.25. The lowest BCUT2D eigenvalue weighted by atomic mass is 10.3. The van der Waals surface area contributed by atoms with Gasteiger partial charge in [0.05, 0.1) is 16.8 Å². The fourth-order valence-corrected chi connectivity index (χ4v) is 1.74. The topological polar surface area (TPSA) is 41.8 Å². The van der Waals surface area contributed by atoms with Gasteiger partial charge in [0.2, 0.25) is 0 Å². The molecular weight excluding hydrogens is 212 g/mol. The summed E-state index contributed by atoms with van der Waals surface area (Å²) < 4.78 is 5.25. The van der Waals surface area contributed by atoms with Crippen molar-refractivity contribution in [3.63, 3.8) is 0 Å². The number of nitrogens with zero attached hydrogens (tertiary/aromatic N) is 1. The van der Waals surface area contributed by atoms with Gasteiger partial charge in [-0.2, -0.15) is 0 Å². The molecule has 3 rings (SSSR count). The maximum atomic E-state index is 6.02. The first-order chi connectivity index (χ1) is 7.34. The molecule has 4 heteroatoms. The number of nitrogens with one attached hydrogen (secondary N) is 1. The highest BCUT2D eigenvalue weighted by molar-refractivity contribution is 6.34. The minimum Gasteiger partial charge on any atom is -0.461 e. The Labute approximate surface area is 90.7 Å². The molecule has 0 saturated carbocycles. The van der Waals surface area contributed by atoms with E-state index in [1.165, 1.54) is 0 Å². The molecule has 0 radical (unpaired) electrons. The van der Waals surface area contributed by atoms with Crippen LogP contribution in [0.5, 0.6) is 0 Å². The third kappa shape index (κ3) is 1.32. The van der Waals surface area contributed by atoms with Gasteiger partial charge in [-0.05, 0) is 24.3 Å². The standard InChI is InChI=1S/C11H7ClN2O/c12-7-3-1-4-8-10(7)14-11(13-8)9-5-2-6-15-9/h1-6H,(H,13,14). The van der Waals surface area contributed by atoms with E-state index in [0.717, 1.165) is 11.0 Å². The third-order valence-electron chi connectivity index (χ3n) is 2.22. The van der Waals surface area contributed by atoms with Gasteiger partial charge < -0.3 is 9.40 Å². The Morgan fingerprint density at radius 2 is 2.13 bits per heavy atom. The lowest BCUT2D eigenvalue weighted by Crippen LogP contribution is -1.74. The Bertz CT molecular complexity index is 598. The molecule has 3 nitrogen and oxygen atoms in total. The van der Waals surface area contributed by atoms with Gasteiger partial charge >= 0.3 is 0 Å². The Kier molecular flexibility index (Phi) is 1.79. The number of fused-ring (bicyclic) bond motifs is 1. The minimum atomic E-state index is 0.640. The lowest BCUT2D eigenvalue weighted by Gasteiger charge is -1.88. The third-order valence-corrected chi connectivity index (χ3v) is 2.52. The summed E-state index contributed by atoms with van der Waals surface area (Å²) in [5.41, 5.74) is 1.68. The van der Waals surface area contributed by atoms with Crippen LogP contribution in [0.2, 0.25) is 5.02 Å². The Balaban J connectivity index is 2.27. The van der Waals surface area contributed by atoms with E-state index in [2.05, 4.69) is 9.97 Å². The summed E-state index contributed by atoms with van der Waals surface area (Å²) >= 11 is 6.02. The molecule has 74 valence electrons. The highest BCUT2D eigenvalue weighted by Gasteiger charge is 2.08. The number of aromatic nitrogens is 2. The van der Waals surface area contributed by atoms with E-state index in [0.29, 0.717) is 16.6 Å². The van der Waals surface area contributed by atoms with Gasteiger partial charge in [0.15, 0.2) is 11.6 Å². The largest absolute Gasteiger partial charge is 0.461 e. The van der Waals surface area contributed by atoms with Crippen molar-refractivity contribution in [1.82, 2.24) is 9.97 Å². The van der Waals surface area contributed by atoms with Crippen molar-refractivity contribution in [3.8, 4) is 11.6 Å². The van der Waals surface area contributed by atoms with Crippen molar-refractivity contribution in [3.05, 3.63) is 41.6 Å². The Morgan fingerprint density at radius 1 is 1.20 bits per heavy atom. The Hall–Kier alpha value is -1.74. The Morgan fingerprint density at radius 3 is 2.87 bits per heavy atom. The van der Waals surface area contributed by atoms with Crippen LogP contribution in [-0.4, -0.2) is 9.97 Å². The number of benzene rings is 1. The molecule has 0 spiro atoms. The maximum Gasteiger partial charge on any atom is 0.174 e. The van der Waals surface area contributed by atoms with E-state index in [-0.39, 0.29) is 0 Å². The average molecular weight is 219 g/mol. The van der Waals surface area contributed by atoms with E-state index < -0.39 is 0 Å². The molecule has 0 fully saturated rings. The van der Waals surface area contributed by atoms with Gasteiger partial charge in [0.25, 0.3) is 0 Å². The quantitative estimate of drug-likeness (QED) is 0.680. The van der Waals surface area contributed by atoms with Crippen molar-refractivity contribution < 1.29 is 4.42 Å².